The molecular weight excluding hydrogens is 363 g/mol. The maximum absolute atomic E-state index is 12.9. The molecule has 0 bridgehead atoms. The standard InChI is InChI=1S/C21H23FN2O4/c1-4-28-18(25)15-7-11-17(12-8-15)24-20(27)21(2,3)19(26)23-13-14-5-9-16(22)10-6-14/h5-12H,4,13H2,1-3H3,(H,23,26)(H,24,27). The van der Waals surface area contributed by atoms with Crippen molar-refractivity contribution in [3.63, 3.8) is 0 Å². The maximum Gasteiger partial charge on any atom is 0.338 e. The van der Waals surface area contributed by atoms with Gasteiger partial charge in [0.15, 0.2) is 0 Å². The van der Waals surface area contributed by atoms with E-state index in [1.165, 1.54) is 38.1 Å². The van der Waals surface area contributed by atoms with Gasteiger partial charge in [0, 0.05) is 12.2 Å². The molecule has 0 unspecified atom stereocenters. The minimum atomic E-state index is -1.33. The number of carbonyl (C=O) groups is 3. The first kappa shape index (κ1) is 21.1. The Morgan fingerprint density at radius 3 is 2.14 bits per heavy atom. The fourth-order valence-corrected chi connectivity index (χ4v) is 2.30. The summed E-state index contributed by atoms with van der Waals surface area (Å²) in [6.45, 7) is 5.20. The van der Waals surface area contributed by atoms with Crippen LogP contribution >= 0.6 is 0 Å². The van der Waals surface area contributed by atoms with Gasteiger partial charge in [0.1, 0.15) is 11.2 Å². The lowest BCUT2D eigenvalue weighted by Crippen LogP contribution is -2.44. The molecule has 0 aliphatic heterocycles. The number of esters is 1. The van der Waals surface area contributed by atoms with Crippen LogP contribution in [0.15, 0.2) is 48.5 Å². The van der Waals surface area contributed by atoms with E-state index in [2.05, 4.69) is 10.6 Å². The molecule has 148 valence electrons. The third kappa shape index (κ3) is 5.39. The second-order valence-corrected chi connectivity index (χ2v) is 6.69. The predicted molar refractivity (Wildman–Crippen MR) is 103 cm³/mol. The molecule has 2 aromatic rings. The molecule has 6 nitrogen and oxygen atoms in total. The Hall–Kier alpha value is -3.22. The Morgan fingerprint density at radius 2 is 1.57 bits per heavy atom. The fraction of sp³-hybridized carbons (Fsp3) is 0.286. The van der Waals surface area contributed by atoms with E-state index in [4.69, 9.17) is 4.74 Å². The van der Waals surface area contributed by atoms with Crippen LogP contribution in [-0.4, -0.2) is 24.4 Å². The van der Waals surface area contributed by atoms with Gasteiger partial charge < -0.3 is 15.4 Å². The Kier molecular flexibility index (Phi) is 6.87. The minimum Gasteiger partial charge on any atom is -0.462 e. The highest BCUT2D eigenvalue weighted by Crippen LogP contribution is 2.20. The summed E-state index contributed by atoms with van der Waals surface area (Å²) in [6.07, 6.45) is 0. The number of halogens is 1. The Bertz CT molecular complexity index is 846. The second-order valence-electron chi connectivity index (χ2n) is 6.69. The van der Waals surface area contributed by atoms with Crippen molar-refractivity contribution in [3.05, 3.63) is 65.5 Å². The second kappa shape index (κ2) is 9.12. The number of carbonyl (C=O) groups excluding carboxylic acids is 3. The topological polar surface area (TPSA) is 84.5 Å². The summed E-state index contributed by atoms with van der Waals surface area (Å²) in [5.74, 6) is -1.75. The van der Waals surface area contributed by atoms with Gasteiger partial charge in [-0.25, -0.2) is 9.18 Å². The zero-order valence-electron chi connectivity index (χ0n) is 16.0. The molecule has 0 fully saturated rings. The van der Waals surface area contributed by atoms with Crippen LogP contribution in [0, 0.1) is 11.2 Å². The van der Waals surface area contributed by atoms with Gasteiger partial charge in [-0.15, -0.1) is 0 Å². The zero-order valence-corrected chi connectivity index (χ0v) is 16.0. The Morgan fingerprint density at radius 1 is 0.964 bits per heavy atom. The molecule has 0 saturated heterocycles. The molecule has 0 atom stereocenters. The van der Waals surface area contributed by atoms with Gasteiger partial charge >= 0.3 is 5.97 Å². The van der Waals surface area contributed by atoms with E-state index in [0.29, 0.717) is 11.3 Å². The van der Waals surface area contributed by atoms with Gasteiger partial charge in [-0.05, 0) is 62.7 Å². The van der Waals surface area contributed by atoms with Gasteiger partial charge in [0.05, 0.1) is 12.2 Å². The minimum absolute atomic E-state index is 0.185. The molecule has 7 heteroatoms. The summed E-state index contributed by atoms with van der Waals surface area (Å²) in [4.78, 5) is 36.6. The van der Waals surface area contributed by atoms with Crippen molar-refractivity contribution >= 4 is 23.5 Å². The highest BCUT2D eigenvalue weighted by molar-refractivity contribution is 6.09. The maximum atomic E-state index is 12.9. The van der Waals surface area contributed by atoms with Gasteiger partial charge in [-0.1, -0.05) is 12.1 Å². The number of hydrogen-bond donors (Lipinski definition) is 2. The SMILES string of the molecule is CCOC(=O)c1ccc(NC(=O)C(C)(C)C(=O)NCc2ccc(F)cc2)cc1. The first-order chi connectivity index (χ1) is 13.2. The van der Waals surface area contributed by atoms with Crippen LogP contribution in [0.4, 0.5) is 10.1 Å². The van der Waals surface area contributed by atoms with Crippen LogP contribution in [0.3, 0.4) is 0 Å². The third-order valence-electron chi connectivity index (χ3n) is 4.16. The van der Waals surface area contributed by atoms with Crippen LogP contribution in [0.25, 0.3) is 0 Å². The van der Waals surface area contributed by atoms with Crippen molar-refractivity contribution in [3.8, 4) is 0 Å². The van der Waals surface area contributed by atoms with E-state index < -0.39 is 23.2 Å². The third-order valence-corrected chi connectivity index (χ3v) is 4.16. The fourth-order valence-electron chi connectivity index (χ4n) is 2.30. The van der Waals surface area contributed by atoms with E-state index in [0.717, 1.165) is 5.56 Å². The Labute approximate surface area is 163 Å². The lowest BCUT2D eigenvalue weighted by molar-refractivity contribution is -0.138. The van der Waals surface area contributed by atoms with Crippen molar-refractivity contribution in [1.82, 2.24) is 5.32 Å². The number of hydrogen-bond acceptors (Lipinski definition) is 4. The van der Waals surface area contributed by atoms with Crippen molar-refractivity contribution in [2.45, 2.75) is 27.3 Å². The molecule has 0 heterocycles. The molecule has 2 N–H and O–H groups in total. The monoisotopic (exact) mass is 386 g/mol. The smallest absolute Gasteiger partial charge is 0.338 e. The average Bonchev–Trinajstić information content (AvgIpc) is 2.68. The lowest BCUT2D eigenvalue weighted by atomic mass is 9.90. The van der Waals surface area contributed by atoms with Crippen LogP contribution in [-0.2, 0) is 20.9 Å². The molecule has 2 aromatic carbocycles. The van der Waals surface area contributed by atoms with Crippen molar-refractivity contribution in [2.24, 2.45) is 5.41 Å². The molecule has 0 aliphatic carbocycles. The van der Waals surface area contributed by atoms with Gasteiger partial charge in [0.2, 0.25) is 11.8 Å². The lowest BCUT2D eigenvalue weighted by Gasteiger charge is -2.23. The summed E-state index contributed by atoms with van der Waals surface area (Å²) in [5, 5.41) is 5.35. The molecule has 0 saturated carbocycles. The first-order valence-electron chi connectivity index (χ1n) is 8.85. The summed E-state index contributed by atoms with van der Waals surface area (Å²) in [6, 6.07) is 11.9. The van der Waals surface area contributed by atoms with Gasteiger partial charge in [-0.2, -0.15) is 0 Å². The number of anilines is 1. The number of nitrogens with one attached hydrogen (secondary N) is 2. The molecule has 0 aromatic heterocycles. The molecule has 2 rings (SSSR count). The largest absolute Gasteiger partial charge is 0.462 e. The van der Waals surface area contributed by atoms with E-state index in [9.17, 15) is 18.8 Å². The molecular formula is C21H23FN2O4. The van der Waals surface area contributed by atoms with Crippen LogP contribution in [0.1, 0.15) is 36.7 Å². The van der Waals surface area contributed by atoms with Gasteiger partial charge in [-0.3, -0.25) is 9.59 Å². The molecule has 0 spiro atoms. The Balaban J connectivity index is 1.96. The number of rotatable bonds is 7. The van der Waals surface area contributed by atoms with Crippen LogP contribution < -0.4 is 10.6 Å². The summed E-state index contributed by atoms with van der Waals surface area (Å²) in [7, 11) is 0. The summed E-state index contributed by atoms with van der Waals surface area (Å²) >= 11 is 0. The number of benzene rings is 2. The van der Waals surface area contributed by atoms with Crippen molar-refractivity contribution < 1.29 is 23.5 Å². The summed E-state index contributed by atoms with van der Waals surface area (Å²) < 4.78 is 17.8. The zero-order chi connectivity index (χ0) is 20.7. The molecule has 2 amide bonds. The van der Waals surface area contributed by atoms with E-state index >= 15 is 0 Å². The predicted octanol–water partition coefficient (Wildman–Crippen LogP) is 3.28. The molecule has 0 aliphatic rings. The molecule has 28 heavy (non-hydrogen) atoms. The van der Waals surface area contributed by atoms with Crippen LogP contribution in [0.2, 0.25) is 0 Å². The van der Waals surface area contributed by atoms with Crippen molar-refractivity contribution in [1.29, 1.82) is 0 Å². The van der Waals surface area contributed by atoms with Crippen molar-refractivity contribution in [2.75, 3.05) is 11.9 Å². The molecule has 0 radical (unpaired) electrons. The summed E-state index contributed by atoms with van der Waals surface area (Å²) in [5.41, 5.74) is 0.217. The highest BCUT2D eigenvalue weighted by Gasteiger charge is 2.36. The average molecular weight is 386 g/mol. The first-order valence-corrected chi connectivity index (χ1v) is 8.85. The normalized spacial score (nSPS) is 10.9. The number of ether oxygens (including phenoxy) is 1. The van der Waals surface area contributed by atoms with E-state index in [1.807, 2.05) is 0 Å². The highest BCUT2D eigenvalue weighted by atomic mass is 19.1. The van der Waals surface area contributed by atoms with E-state index in [1.54, 1.807) is 31.2 Å². The van der Waals surface area contributed by atoms with E-state index in [-0.39, 0.29) is 19.0 Å². The van der Waals surface area contributed by atoms with Crippen LogP contribution in [0.5, 0.6) is 0 Å². The quantitative estimate of drug-likeness (QED) is 0.565. The number of amides is 2. The van der Waals surface area contributed by atoms with Gasteiger partial charge in [0.25, 0.3) is 0 Å².